The van der Waals surface area contributed by atoms with Crippen molar-refractivity contribution in [1.29, 1.82) is 0 Å². The molecule has 0 spiro atoms. The van der Waals surface area contributed by atoms with Crippen molar-refractivity contribution in [2.75, 3.05) is 0 Å². The molecular formula is C14H19NO3. The number of hydrogen-bond acceptors (Lipinski definition) is 3. The van der Waals surface area contributed by atoms with Crippen LogP contribution < -0.4 is 5.32 Å². The molecule has 3 N–H and O–H groups in total. The molecule has 0 saturated heterocycles. The van der Waals surface area contributed by atoms with E-state index in [0.29, 0.717) is 0 Å². The first-order valence-electron chi connectivity index (χ1n) is 6.36. The van der Waals surface area contributed by atoms with Crippen LogP contribution in [0.3, 0.4) is 0 Å². The quantitative estimate of drug-likeness (QED) is 0.747. The molecule has 0 bridgehead atoms. The first kappa shape index (κ1) is 12.9. The lowest BCUT2D eigenvalue weighted by atomic mass is 9.92. The van der Waals surface area contributed by atoms with Crippen LogP contribution in [0.2, 0.25) is 0 Å². The summed E-state index contributed by atoms with van der Waals surface area (Å²) in [7, 11) is 0. The Morgan fingerprint density at radius 2 is 2.06 bits per heavy atom. The Morgan fingerprint density at radius 3 is 2.72 bits per heavy atom. The summed E-state index contributed by atoms with van der Waals surface area (Å²) in [6.07, 6.45) is 3.06. The number of carbonyl (C=O) groups is 1. The van der Waals surface area contributed by atoms with E-state index in [2.05, 4.69) is 5.32 Å². The minimum absolute atomic E-state index is 0.0159. The molecule has 0 heterocycles. The number of benzene rings is 1. The van der Waals surface area contributed by atoms with Crippen molar-refractivity contribution in [1.82, 2.24) is 5.32 Å². The van der Waals surface area contributed by atoms with Crippen LogP contribution in [-0.4, -0.2) is 28.3 Å². The SMILES string of the molecule is Cc1ccc(C(=O)NC2CCCCC2O)c(O)c1. The van der Waals surface area contributed by atoms with E-state index >= 15 is 0 Å². The van der Waals surface area contributed by atoms with Gasteiger partial charge in [0.05, 0.1) is 17.7 Å². The van der Waals surface area contributed by atoms with Gasteiger partial charge in [0.2, 0.25) is 0 Å². The molecule has 1 aromatic carbocycles. The number of hydrogen-bond donors (Lipinski definition) is 3. The average Bonchev–Trinajstić information content (AvgIpc) is 2.32. The minimum atomic E-state index is -0.477. The number of carbonyl (C=O) groups excluding carboxylic acids is 1. The molecule has 18 heavy (non-hydrogen) atoms. The number of nitrogens with one attached hydrogen (secondary N) is 1. The molecule has 2 atom stereocenters. The Bertz CT molecular complexity index is 445. The predicted octanol–water partition coefficient (Wildman–Crippen LogP) is 1.73. The molecule has 1 saturated carbocycles. The normalized spacial score (nSPS) is 23.7. The van der Waals surface area contributed by atoms with Crippen LogP contribution in [0.4, 0.5) is 0 Å². The fraction of sp³-hybridized carbons (Fsp3) is 0.500. The lowest BCUT2D eigenvalue weighted by Crippen LogP contribution is -2.45. The number of aliphatic hydroxyl groups is 1. The Morgan fingerprint density at radius 1 is 1.33 bits per heavy atom. The van der Waals surface area contributed by atoms with E-state index in [-0.39, 0.29) is 23.3 Å². The van der Waals surface area contributed by atoms with Crippen molar-refractivity contribution in [2.24, 2.45) is 0 Å². The molecular weight excluding hydrogens is 230 g/mol. The van der Waals surface area contributed by atoms with Gasteiger partial charge in [0, 0.05) is 0 Å². The summed E-state index contributed by atoms with van der Waals surface area (Å²) in [5.41, 5.74) is 1.17. The van der Waals surface area contributed by atoms with E-state index in [0.717, 1.165) is 31.2 Å². The number of aryl methyl sites for hydroxylation is 1. The van der Waals surface area contributed by atoms with Crippen LogP contribution in [-0.2, 0) is 0 Å². The van der Waals surface area contributed by atoms with Crippen LogP contribution in [0.15, 0.2) is 18.2 Å². The van der Waals surface area contributed by atoms with E-state index < -0.39 is 6.10 Å². The second kappa shape index (κ2) is 5.40. The molecule has 0 aliphatic heterocycles. The molecule has 1 aliphatic rings. The molecule has 1 amide bonds. The fourth-order valence-electron chi connectivity index (χ4n) is 2.36. The zero-order valence-corrected chi connectivity index (χ0v) is 10.5. The molecule has 4 nitrogen and oxygen atoms in total. The molecule has 0 aromatic heterocycles. The summed E-state index contributed by atoms with van der Waals surface area (Å²) < 4.78 is 0. The highest BCUT2D eigenvalue weighted by molar-refractivity contribution is 5.97. The highest BCUT2D eigenvalue weighted by atomic mass is 16.3. The van der Waals surface area contributed by atoms with Gasteiger partial charge < -0.3 is 15.5 Å². The highest BCUT2D eigenvalue weighted by Crippen LogP contribution is 2.21. The van der Waals surface area contributed by atoms with Gasteiger partial charge in [0.1, 0.15) is 5.75 Å². The van der Waals surface area contributed by atoms with E-state index in [1.807, 2.05) is 6.92 Å². The number of amides is 1. The molecule has 2 unspecified atom stereocenters. The Balaban J connectivity index is 2.07. The van der Waals surface area contributed by atoms with Crippen molar-refractivity contribution in [3.63, 3.8) is 0 Å². The van der Waals surface area contributed by atoms with Gasteiger partial charge in [-0.15, -0.1) is 0 Å². The number of aliphatic hydroxyl groups excluding tert-OH is 1. The zero-order chi connectivity index (χ0) is 13.1. The monoisotopic (exact) mass is 249 g/mol. The summed E-state index contributed by atoms with van der Waals surface area (Å²) in [6, 6.07) is 4.75. The summed E-state index contributed by atoms with van der Waals surface area (Å²) in [5, 5.41) is 22.3. The van der Waals surface area contributed by atoms with Gasteiger partial charge in [-0.05, 0) is 37.5 Å². The van der Waals surface area contributed by atoms with Crippen molar-refractivity contribution in [3.05, 3.63) is 29.3 Å². The van der Waals surface area contributed by atoms with Crippen molar-refractivity contribution in [3.8, 4) is 5.75 Å². The molecule has 1 aromatic rings. The molecule has 4 heteroatoms. The van der Waals surface area contributed by atoms with Crippen molar-refractivity contribution in [2.45, 2.75) is 44.8 Å². The topological polar surface area (TPSA) is 69.6 Å². The fourth-order valence-corrected chi connectivity index (χ4v) is 2.36. The third-order valence-corrected chi connectivity index (χ3v) is 3.44. The van der Waals surface area contributed by atoms with Crippen LogP contribution in [0.5, 0.6) is 5.75 Å². The second-order valence-corrected chi connectivity index (χ2v) is 4.95. The zero-order valence-electron chi connectivity index (χ0n) is 10.5. The van der Waals surface area contributed by atoms with Crippen molar-refractivity contribution < 1.29 is 15.0 Å². The van der Waals surface area contributed by atoms with Crippen molar-refractivity contribution >= 4 is 5.91 Å². The molecule has 1 aliphatic carbocycles. The average molecular weight is 249 g/mol. The van der Waals surface area contributed by atoms with E-state index in [9.17, 15) is 15.0 Å². The molecule has 1 fully saturated rings. The molecule has 2 rings (SSSR count). The van der Waals surface area contributed by atoms with Gasteiger partial charge in [0.15, 0.2) is 0 Å². The van der Waals surface area contributed by atoms with Gasteiger partial charge >= 0.3 is 0 Å². The Labute approximate surface area is 107 Å². The highest BCUT2D eigenvalue weighted by Gasteiger charge is 2.25. The van der Waals surface area contributed by atoms with Gasteiger partial charge in [-0.1, -0.05) is 18.9 Å². The summed E-state index contributed by atoms with van der Waals surface area (Å²) in [4.78, 5) is 12.0. The molecule has 0 radical (unpaired) electrons. The number of aromatic hydroxyl groups is 1. The van der Waals surface area contributed by atoms with E-state index in [1.165, 1.54) is 0 Å². The first-order chi connectivity index (χ1) is 8.58. The maximum Gasteiger partial charge on any atom is 0.255 e. The third-order valence-electron chi connectivity index (χ3n) is 3.44. The Kier molecular flexibility index (Phi) is 3.87. The summed E-state index contributed by atoms with van der Waals surface area (Å²) in [5.74, 6) is -0.337. The van der Waals surface area contributed by atoms with Gasteiger partial charge in [0.25, 0.3) is 5.91 Å². The summed E-state index contributed by atoms with van der Waals surface area (Å²) >= 11 is 0. The van der Waals surface area contributed by atoms with Gasteiger partial charge in [-0.2, -0.15) is 0 Å². The summed E-state index contributed by atoms with van der Waals surface area (Å²) in [6.45, 7) is 1.85. The maximum absolute atomic E-state index is 12.0. The second-order valence-electron chi connectivity index (χ2n) is 4.95. The third kappa shape index (κ3) is 2.82. The smallest absolute Gasteiger partial charge is 0.255 e. The standard InChI is InChI=1S/C14H19NO3/c1-9-6-7-10(13(17)8-9)14(18)15-11-4-2-3-5-12(11)16/h6-8,11-12,16-17H,2-5H2,1H3,(H,15,18). The van der Waals surface area contributed by atoms with E-state index in [1.54, 1.807) is 18.2 Å². The lowest BCUT2D eigenvalue weighted by Gasteiger charge is -2.28. The Hall–Kier alpha value is -1.55. The van der Waals surface area contributed by atoms with Crippen LogP contribution >= 0.6 is 0 Å². The van der Waals surface area contributed by atoms with Crippen LogP contribution in [0.1, 0.15) is 41.6 Å². The lowest BCUT2D eigenvalue weighted by molar-refractivity contribution is 0.0715. The first-order valence-corrected chi connectivity index (χ1v) is 6.36. The van der Waals surface area contributed by atoms with Gasteiger partial charge in [-0.3, -0.25) is 4.79 Å². The molecule has 98 valence electrons. The number of phenolic OH excluding ortho intramolecular Hbond substituents is 1. The van der Waals surface area contributed by atoms with Gasteiger partial charge in [-0.25, -0.2) is 0 Å². The largest absolute Gasteiger partial charge is 0.507 e. The van der Waals surface area contributed by atoms with E-state index in [4.69, 9.17) is 0 Å². The number of rotatable bonds is 2. The van der Waals surface area contributed by atoms with Crippen LogP contribution in [0, 0.1) is 6.92 Å². The number of phenols is 1. The predicted molar refractivity (Wildman–Crippen MR) is 68.6 cm³/mol. The maximum atomic E-state index is 12.0. The van der Waals surface area contributed by atoms with Crippen LogP contribution in [0.25, 0.3) is 0 Å². The minimum Gasteiger partial charge on any atom is -0.507 e.